The van der Waals surface area contributed by atoms with Crippen molar-refractivity contribution in [2.75, 3.05) is 6.61 Å². The fraction of sp³-hybridized carbons (Fsp3) is 0.368. The first kappa shape index (κ1) is 16.4. The Kier molecular flexibility index (Phi) is 4.17. The van der Waals surface area contributed by atoms with Crippen LogP contribution in [-0.2, 0) is 4.74 Å². The van der Waals surface area contributed by atoms with E-state index in [-0.39, 0.29) is 23.4 Å². The first-order chi connectivity index (χ1) is 12.0. The van der Waals surface area contributed by atoms with Gasteiger partial charge in [-0.1, -0.05) is 12.1 Å². The van der Waals surface area contributed by atoms with Crippen LogP contribution in [-0.4, -0.2) is 22.7 Å². The molecule has 130 valence electrons. The minimum atomic E-state index is -0.288. The summed E-state index contributed by atoms with van der Waals surface area (Å²) in [6.07, 6.45) is 1.91. The van der Waals surface area contributed by atoms with Crippen LogP contribution in [0.25, 0.3) is 21.3 Å². The molecule has 0 bridgehead atoms. The summed E-state index contributed by atoms with van der Waals surface area (Å²) in [4.78, 5) is 22.3. The highest BCUT2D eigenvalue weighted by Crippen LogP contribution is 2.36. The predicted molar refractivity (Wildman–Crippen MR) is 97.8 cm³/mol. The molecule has 0 amide bonds. The standard InChI is InChI=1S/C19H19FN2O2S/c1-10-9-13(7-8-24-10)17-21-18(23)16-15(11(2)25-19(16)22-17)12-3-5-14(20)6-4-12/h3-6,10,13H,7-9H2,1-2H3,(H,21,22,23)/t10-,13-/m0/s1. The number of ether oxygens (including phenoxy) is 1. The summed E-state index contributed by atoms with van der Waals surface area (Å²) < 4.78 is 18.8. The quantitative estimate of drug-likeness (QED) is 0.739. The van der Waals surface area contributed by atoms with Crippen molar-refractivity contribution in [3.8, 4) is 11.1 Å². The topological polar surface area (TPSA) is 55.0 Å². The number of thiophene rings is 1. The van der Waals surface area contributed by atoms with E-state index in [1.807, 2.05) is 13.8 Å². The molecule has 0 unspecified atom stereocenters. The number of fused-ring (bicyclic) bond motifs is 1. The normalized spacial score (nSPS) is 20.9. The molecule has 6 heteroatoms. The molecular weight excluding hydrogens is 339 g/mol. The molecule has 4 nitrogen and oxygen atoms in total. The average Bonchev–Trinajstić information content (AvgIpc) is 2.92. The van der Waals surface area contributed by atoms with E-state index in [4.69, 9.17) is 9.72 Å². The highest BCUT2D eigenvalue weighted by Gasteiger charge is 2.25. The highest BCUT2D eigenvalue weighted by atomic mass is 32.1. The zero-order chi connectivity index (χ0) is 17.6. The van der Waals surface area contributed by atoms with Gasteiger partial charge in [-0.2, -0.15) is 0 Å². The Labute approximate surface area is 148 Å². The van der Waals surface area contributed by atoms with Crippen molar-refractivity contribution in [2.24, 2.45) is 0 Å². The van der Waals surface area contributed by atoms with Gasteiger partial charge in [0, 0.05) is 23.0 Å². The molecule has 4 rings (SSSR count). The van der Waals surface area contributed by atoms with E-state index in [0.717, 1.165) is 39.5 Å². The summed E-state index contributed by atoms with van der Waals surface area (Å²) in [5, 5.41) is 0.595. The van der Waals surface area contributed by atoms with Crippen LogP contribution < -0.4 is 5.56 Å². The number of benzene rings is 1. The number of rotatable bonds is 2. The molecule has 0 saturated carbocycles. The molecule has 0 spiro atoms. The second-order valence-corrected chi connectivity index (χ2v) is 7.78. The Morgan fingerprint density at radius 3 is 2.80 bits per heavy atom. The summed E-state index contributed by atoms with van der Waals surface area (Å²) in [5.74, 6) is 0.681. The van der Waals surface area contributed by atoms with Gasteiger partial charge in [-0.15, -0.1) is 11.3 Å². The fourth-order valence-electron chi connectivity index (χ4n) is 3.54. The predicted octanol–water partition coefficient (Wildman–Crippen LogP) is 4.38. The zero-order valence-electron chi connectivity index (χ0n) is 14.1. The average molecular weight is 358 g/mol. The van der Waals surface area contributed by atoms with Crippen LogP contribution in [0, 0.1) is 12.7 Å². The smallest absolute Gasteiger partial charge is 0.260 e. The molecule has 0 aliphatic carbocycles. The molecule has 1 aliphatic rings. The largest absolute Gasteiger partial charge is 0.378 e. The SMILES string of the molecule is Cc1sc2nc([C@H]3CCO[C@@H](C)C3)[nH]c(=O)c2c1-c1ccc(F)cc1. The lowest BCUT2D eigenvalue weighted by atomic mass is 9.95. The molecule has 1 N–H and O–H groups in total. The third-order valence-corrected chi connectivity index (χ3v) is 5.76. The van der Waals surface area contributed by atoms with Crippen LogP contribution in [0.5, 0.6) is 0 Å². The van der Waals surface area contributed by atoms with Gasteiger partial charge in [0.25, 0.3) is 5.56 Å². The van der Waals surface area contributed by atoms with Crippen LogP contribution in [0.2, 0.25) is 0 Å². The molecule has 25 heavy (non-hydrogen) atoms. The maximum atomic E-state index is 13.2. The number of nitrogens with one attached hydrogen (secondary N) is 1. The molecule has 3 aromatic rings. The van der Waals surface area contributed by atoms with Crippen molar-refractivity contribution in [3.05, 3.63) is 51.1 Å². The van der Waals surface area contributed by atoms with E-state index in [9.17, 15) is 9.18 Å². The Morgan fingerprint density at radius 1 is 1.32 bits per heavy atom. The van der Waals surface area contributed by atoms with Crippen molar-refractivity contribution >= 4 is 21.6 Å². The Hall–Kier alpha value is -2.05. The van der Waals surface area contributed by atoms with Crippen LogP contribution >= 0.6 is 11.3 Å². The number of H-pyrrole nitrogens is 1. The second-order valence-electron chi connectivity index (χ2n) is 6.57. The lowest BCUT2D eigenvalue weighted by molar-refractivity contribution is 0.0173. The molecule has 2 atom stereocenters. The van der Waals surface area contributed by atoms with Crippen molar-refractivity contribution in [1.29, 1.82) is 0 Å². The maximum Gasteiger partial charge on any atom is 0.260 e. The summed E-state index contributed by atoms with van der Waals surface area (Å²) >= 11 is 1.51. The second kappa shape index (κ2) is 6.35. The van der Waals surface area contributed by atoms with E-state index in [2.05, 4.69) is 4.98 Å². The first-order valence-electron chi connectivity index (χ1n) is 8.44. The van der Waals surface area contributed by atoms with Gasteiger partial charge in [-0.3, -0.25) is 4.79 Å². The first-order valence-corrected chi connectivity index (χ1v) is 9.25. The van der Waals surface area contributed by atoms with Gasteiger partial charge in [-0.25, -0.2) is 9.37 Å². The van der Waals surface area contributed by atoms with Gasteiger partial charge in [-0.05, 0) is 44.4 Å². The molecule has 1 saturated heterocycles. The highest BCUT2D eigenvalue weighted by molar-refractivity contribution is 7.19. The maximum absolute atomic E-state index is 13.2. The van der Waals surface area contributed by atoms with Gasteiger partial charge in [0.15, 0.2) is 0 Å². The van der Waals surface area contributed by atoms with Crippen molar-refractivity contribution in [1.82, 2.24) is 9.97 Å². The Bertz CT molecular complexity index is 977. The van der Waals surface area contributed by atoms with E-state index in [0.29, 0.717) is 12.0 Å². The van der Waals surface area contributed by atoms with E-state index >= 15 is 0 Å². The lowest BCUT2D eigenvalue weighted by Crippen LogP contribution is -2.24. The number of aryl methyl sites for hydroxylation is 1. The number of halogens is 1. The minimum absolute atomic E-state index is 0.122. The third kappa shape index (κ3) is 3.00. The number of aromatic nitrogens is 2. The number of nitrogens with zero attached hydrogens (tertiary/aromatic N) is 1. The van der Waals surface area contributed by atoms with Gasteiger partial charge >= 0.3 is 0 Å². The molecule has 2 aromatic heterocycles. The molecule has 1 aromatic carbocycles. The van der Waals surface area contributed by atoms with Gasteiger partial charge in [0.1, 0.15) is 16.5 Å². The van der Waals surface area contributed by atoms with Gasteiger partial charge < -0.3 is 9.72 Å². The van der Waals surface area contributed by atoms with Crippen LogP contribution in [0.3, 0.4) is 0 Å². The molecular formula is C19H19FN2O2S. The van der Waals surface area contributed by atoms with Crippen molar-refractivity contribution in [2.45, 2.75) is 38.7 Å². The fourth-order valence-corrected chi connectivity index (χ4v) is 4.59. The monoisotopic (exact) mass is 358 g/mol. The van der Waals surface area contributed by atoms with Gasteiger partial charge in [0.2, 0.25) is 0 Å². The summed E-state index contributed by atoms with van der Waals surface area (Å²) in [5.41, 5.74) is 1.56. The zero-order valence-corrected chi connectivity index (χ0v) is 15.0. The van der Waals surface area contributed by atoms with Crippen LogP contribution in [0.15, 0.2) is 29.1 Å². The van der Waals surface area contributed by atoms with E-state index in [1.54, 1.807) is 12.1 Å². The molecule has 3 heterocycles. The third-order valence-electron chi connectivity index (χ3n) is 4.76. The summed E-state index contributed by atoms with van der Waals surface area (Å²) in [6, 6.07) is 6.24. The Balaban J connectivity index is 1.84. The van der Waals surface area contributed by atoms with E-state index in [1.165, 1.54) is 23.5 Å². The van der Waals surface area contributed by atoms with Crippen LogP contribution in [0.4, 0.5) is 4.39 Å². The Morgan fingerprint density at radius 2 is 2.08 bits per heavy atom. The summed E-state index contributed by atoms with van der Waals surface area (Å²) in [7, 11) is 0. The molecule has 0 radical (unpaired) electrons. The summed E-state index contributed by atoms with van der Waals surface area (Å²) in [6.45, 7) is 4.71. The lowest BCUT2D eigenvalue weighted by Gasteiger charge is -2.26. The number of hydrogen-bond acceptors (Lipinski definition) is 4. The minimum Gasteiger partial charge on any atom is -0.378 e. The van der Waals surface area contributed by atoms with E-state index < -0.39 is 0 Å². The number of hydrogen-bond donors (Lipinski definition) is 1. The number of aromatic amines is 1. The molecule has 1 aliphatic heterocycles. The van der Waals surface area contributed by atoms with Crippen molar-refractivity contribution < 1.29 is 9.13 Å². The van der Waals surface area contributed by atoms with Crippen LogP contribution in [0.1, 0.15) is 36.4 Å². The van der Waals surface area contributed by atoms with Crippen molar-refractivity contribution in [3.63, 3.8) is 0 Å². The molecule has 1 fully saturated rings. The van der Waals surface area contributed by atoms with Gasteiger partial charge in [0.05, 0.1) is 11.5 Å².